The Balaban J connectivity index is 1.24. The fourth-order valence-corrected chi connectivity index (χ4v) is 10.1. The van der Waals surface area contributed by atoms with E-state index >= 15 is 0 Å². The van der Waals surface area contributed by atoms with Gasteiger partial charge in [-0.25, -0.2) is 0 Å². The second-order valence-corrected chi connectivity index (χ2v) is 15.2. The Morgan fingerprint density at radius 1 is 0.333 bits per heavy atom. The van der Waals surface area contributed by atoms with Gasteiger partial charge in [0.15, 0.2) is 0 Å². The molecule has 266 valence electrons. The predicted molar refractivity (Wildman–Crippen MR) is 237 cm³/mol. The molecular formula is C55H36N2. The van der Waals surface area contributed by atoms with Crippen LogP contribution in [0, 0.1) is 0 Å². The van der Waals surface area contributed by atoms with Crippen molar-refractivity contribution in [2.75, 3.05) is 4.90 Å². The number of rotatable bonds is 4. The number of nitrogens with zero attached hydrogens (tertiary/aromatic N) is 2. The van der Waals surface area contributed by atoms with Crippen molar-refractivity contribution in [1.29, 1.82) is 0 Å². The second kappa shape index (κ2) is 12.3. The van der Waals surface area contributed by atoms with E-state index in [1.807, 2.05) is 0 Å². The molecule has 0 fully saturated rings. The third kappa shape index (κ3) is 4.47. The lowest BCUT2D eigenvalue weighted by atomic mass is 9.64. The van der Waals surface area contributed by atoms with E-state index in [-0.39, 0.29) is 0 Å². The molecule has 57 heavy (non-hydrogen) atoms. The zero-order chi connectivity index (χ0) is 37.5. The predicted octanol–water partition coefficient (Wildman–Crippen LogP) is 14.3. The third-order valence-corrected chi connectivity index (χ3v) is 12.3. The first-order valence-corrected chi connectivity index (χ1v) is 19.8. The molecule has 0 amide bonds. The molecule has 9 aromatic carbocycles. The van der Waals surface area contributed by atoms with Gasteiger partial charge in [-0.05, 0) is 104 Å². The number of benzene rings is 9. The summed E-state index contributed by atoms with van der Waals surface area (Å²) in [5.41, 5.74) is 19.2. The Kier molecular flexibility index (Phi) is 6.88. The van der Waals surface area contributed by atoms with Crippen molar-refractivity contribution in [3.8, 4) is 39.1 Å². The minimum atomic E-state index is -0.518. The smallest absolute Gasteiger partial charge is 0.0754 e. The van der Waals surface area contributed by atoms with Gasteiger partial charge >= 0.3 is 0 Å². The van der Waals surface area contributed by atoms with Crippen LogP contribution in [0.2, 0.25) is 0 Å². The summed E-state index contributed by atoms with van der Waals surface area (Å²) < 4.78 is 2.50. The van der Waals surface area contributed by atoms with Gasteiger partial charge in [0.05, 0.1) is 27.8 Å². The number of para-hydroxylation sites is 3. The maximum absolute atomic E-state index is 2.54. The Bertz CT molecular complexity index is 3070. The molecule has 2 heterocycles. The van der Waals surface area contributed by atoms with E-state index in [2.05, 4.69) is 228 Å². The van der Waals surface area contributed by atoms with Crippen LogP contribution >= 0.6 is 0 Å². The van der Waals surface area contributed by atoms with Crippen molar-refractivity contribution < 1.29 is 0 Å². The van der Waals surface area contributed by atoms with Gasteiger partial charge in [-0.15, -0.1) is 0 Å². The van der Waals surface area contributed by atoms with Gasteiger partial charge in [0.1, 0.15) is 0 Å². The van der Waals surface area contributed by atoms with Crippen molar-refractivity contribution in [3.05, 3.63) is 241 Å². The summed E-state index contributed by atoms with van der Waals surface area (Å²) in [6.45, 7) is 0. The summed E-state index contributed by atoms with van der Waals surface area (Å²) in [5, 5.41) is 2.47. The summed E-state index contributed by atoms with van der Waals surface area (Å²) in [4.78, 5) is 2.54. The number of fused-ring (bicyclic) bond motifs is 13. The average Bonchev–Trinajstić information content (AvgIpc) is 3.79. The monoisotopic (exact) mass is 724 g/mol. The molecule has 10 aromatic rings. The van der Waals surface area contributed by atoms with E-state index in [1.165, 1.54) is 88.8 Å². The van der Waals surface area contributed by atoms with Crippen LogP contribution in [0.3, 0.4) is 0 Å². The average molecular weight is 725 g/mol. The number of anilines is 3. The van der Waals surface area contributed by atoms with E-state index in [0.717, 1.165) is 11.4 Å². The lowest BCUT2D eigenvalue weighted by Gasteiger charge is -2.45. The zero-order valence-corrected chi connectivity index (χ0v) is 31.2. The maximum Gasteiger partial charge on any atom is 0.0754 e. The van der Waals surface area contributed by atoms with Crippen LogP contribution < -0.4 is 4.90 Å². The molecule has 2 heteroatoms. The third-order valence-electron chi connectivity index (χ3n) is 12.3. The van der Waals surface area contributed by atoms with E-state index < -0.39 is 5.41 Å². The highest BCUT2D eigenvalue weighted by molar-refractivity contribution is 6.19. The quantitative estimate of drug-likeness (QED) is 0.175. The van der Waals surface area contributed by atoms with Crippen molar-refractivity contribution in [1.82, 2.24) is 4.57 Å². The molecule has 0 N–H and O–H groups in total. The molecule has 0 bridgehead atoms. The minimum absolute atomic E-state index is 0.518. The fraction of sp³-hybridized carbons (Fsp3) is 0.0182. The molecule has 1 aliphatic carbocycles. The summed E-state index contributed by atoms with van der Waals surface area (Å²) in [5.74, 6) is 0. The molecule has 1 aliphatic heterocycles. The zero-order valence-electron chi connectivity index (χ0n) is 31.2. The molecule has 1 aromatic heterocycles. The number of hydrogen-bond donors (Lipinski definition) is 0. The van der Waals surface area contributed by atoms with Crippen molar-refractivity contribution in [3.63, 3.8) is 0 Å². The van der Waals surface area contributed by atoms with Gasteiger partial charge < -0.3 is 9.47 Å². The highest BCUT2D eigenvalue weighted by atomic mass is 15.2. The molecular weight excluding hydrogens is 689 g/mol. The molecule has 2 aliphatic rings. The van der Waals surface area contributed by atoms with Crippen LogP contribution in [0.25, 0.3) is 60.9 Å². The fourth-order valence-electron chi connectivity index (χ4n) is 10.1. The van der Waals surface area contributed by atoms with Crippen molar-refractivity contribution in [2.24, 2.45) is 0 Å². The summed E-state index contributed by atoms with van der Waals surface area (Å²) in [6, 6.07) is 80.6. The molecule has 0 saturated carbocycles. The van der Waals surface area contributed by atoms with Crippen LogP contribution in [0.15, 0.2) is 218 Å². The van der Waals surface area contributed by atoms with Crippen LogP contribution in [0.5, 0.6) is 0 Å². The first-order valence-electron chi connectivity index (χ1n) is 19.8. The molecule has 0 unspecified atom stereocenters. The largest absolute Gasteiger partial charge is 0.309 e. The van der Waals surface area contributed by atoms with Crippen LogP contribution in [-0.2, 0) is 5.41 Å². The second-order valence-electron chi connectivity index (χ2n) is 15.2. The van der Waals surface area contributed by atoms with Crippen LogP contribution in [0.1, 0.15) is 22.3 Å². The number of aromatic nitrogens is 1. The SMILES string of the molecule is c1ccc(-c2cc(-c3ccccc3)cc(-n3c4ccccc4c4c5c(ccc43)C3(c4ccccc4-c4ccccc43)c3ccccc3N5c3ccccc3)c2)cc1. The van der Waals surface area contributed by atoms with Gasteiger partial charge in [-0.1, -0.05) is 170 Å². The lowest BCUT2D eigenvalue weighted by molar-refractivity contribution is 0.754. The maximum atomic E-state index is 2.54. The first kappa shape index (κ1) is 31.9. The molecule has 0 radical (unpaired) electrons. The van der Waals surface area contributed by atoms with Gasteiger partial charge in [0.25, 0.3) is 0 Å². The van der Waals surface area contributed by atoms with Gasteiger partial charge in [0.2, 0.25) is 0 Å². The van der Waals surface area contributed by atoms with Gasteiger partial charge in [0, 0.05) is 22.1 Å². The highest BCUT2D eigenvalue weighted by Crippen LogP contribution is 2.64. The number of hydrogen-bond acceptors (Lipinski definition) is 1. The lowest BCUT2D eigenvalue weighted by Crippen LogP contribution is -2.36. The standard InChI is InChI=1S/C55H36N2/c1-4-18-37(19-5-1)39-34-40(38-20-6-2-7-21-38)36-42(35-39)56-50-30-16-12-26-45(50)53-52(56)33-32-49-54(53)57(41-22-8-3-9-23-41)51-31-17-15-29-48(51)55(49)46-27-13-10-24-43(46)44-25-11-14-28-47(44)55/h1-36H. The van der Waals surface area contributed by atoms with E-state index in [4.69, 9.17) is 0 Å². The van der Waals surface area contributed by atoms with Crippen molar-refractivity contribution in [2.45, 2.75) is 5.41 Å². The van der Waals surface area contributed by atoms with E-state index in [0.29, 0.717) is 0 Å². The van der Waals surface area contributed by atoms with Gasteiger partial charge in [-0.3, -0.25) is 0 Å². The normalized spacial score (nSPS) is 13.4. The summed E-state index contributed by atoms with van der Waals surface area (Å²) >= 11 is 0. The van der Waals surface area contributed by atoms with Crippen LogP contribution in [-0.4, -0.2) is 4.57 Å². The Morgan fingerprint density at radius 2 is 0.860 bits per heavy atom. The molecule has 0 atom stereocenters. The first-order chi connectivity index (χ1) is 28.3. The Hall–Kier alpha value is -7.42. The van der Waals surface area contributed by atoms with E-state index in [9.17, 15) is 0 Å². The Morgan fingerprint density at radius 3 is 1.51 bits per heavy atom. The Labute approximate surface area is 332 Å². The van der Waals surface area contributed by atoms with E-state index in [1.54, 1.807) is 0 Å². The minimum Gasteiger partial charge on any atom is -0.309 e. The van der Waals surface area contributed by atoms with Gasteiger partial charge in [-0.2, -0.15) is 0 Å². The summed E-state index contributed by atoms with van der Waals surface area (Å²) in [7, 11) is 0. The molecule has 12 rings (SSSR count). The van der Waals surface area contributed by atoms with Crippen LogP contribution in [0.4, 0.5) is 17.1 Å². The molecule has 0 saturated heterocycles. The molecule has 2 nitrogen and oxygen atoms in total. The topological polar surface area (TPSA) is 8.17 Å². The van der Waals surface area contributed by atoms with Crippen molar-refractivity contribution >= 4 is 38.9 Å². The summed E-state index contributed by atoms with van der Waals surface area (Å²) in [6.07, 6.45) is 0. The highest BCUT2D eigenvalue weighted by Gasteiger charge is 2.52. The molecule has 1 spiro atoms.